The molecule has 0 aliphatic carbocycles. The predicted molar refractivity (Wildman–Crippen MR) is 121 cm³/mol. The zero-order valence-corrected chi connectivity index (χ0v) is 18.2. The van der Waals surface area contributed by atoms with Gasteiger partial charge in [0.15, 0.2) is 0 Å². The predicted octanol–water partition coefficient (Wildman–Crippen LogP) is 4.62. The summed E-state index contributed by atoms with van der Waals surface area (Å²) >= 11 is 0. The van der Waals surface area contributed by atoms with Crippen molar-refractivity contribution < 1.29 is 14.0 Å². The second-order valence-corrected chi connectivity index (χ2v) is 7.66. The van der Waals surface area contributed by atoms with E-state index in [1.54, 1.807) is 41.5 Å². The van der Waals surface area contributed by atoms with Crippen LogP contribution in [-0.2, 0) is 17.9 Å². The first-order valence-corrected chi connectivity index (χ1v) is 10.4. The molecule has 1 aromatic heterocycles. The van der Waals surface area contributed by atoms with Gasteiger partial charge in [-0.25, -0.2) is 4.79 Å². The first-order valence-electron chi connectivity index (χ1n) is 10.4. The Kier molecular flexibility index (Phi) is 7.65. The highest BCUT2D eigenvalue weighted by atomic mass is 16.3. The van der Waals surface area contributed by atoms with Gasteiger partial charge >= 0.3 is 6.03 Å². The molecule has 0 radical (unpaired) electrons. The lowest BCUT2D eigenvalue weighted by Gasteiger charge is -2.30. The third-order valence-corrected chi connectivity index (χ3v) is 4.93. The first kappa shape index (κ1) is 22.6. The zero-order valence-electron chi connectivity index (χ0n) is 18.2. The molecule has 32 heavy (non-hydrogen) atoms. The molecule has 1 N–H and O–H groups in total. The summed E-state index contributed by atoms with van der Waals surface area (Å²) in [6.45, 7) is 4.32. The highest BCUT2D eigenvalue weighted by molar-refractivity contribution is 5.92. The van der Waals surface area contributed by atoms with Gasteiger partial charge in [-0.15, -0.1) is 0 Å². The number of rotatable bonds is 8. The van der Waals surface area contributed by atoms with Gasteiger partial charge in [0.1, 0.15) is 12.3 Å². The van der Waals surface area contributed by atoms with Crippen molar-refractivity contribution in [2.24, 2.45) is 0 Å². The number of hydrogen-bond donors (Lipinski definition) is 1. The maximum atomic E-state index is 13.3. The monoisotopic (exact) mass is 430 g/mol. The summed E-state index contributed by atoms with van der Waals surface area (Å²) in [6, 6.07) is 21.4. The number of hydrogen-bond acceptors (Lipinski definition) is 4. The van der Waals surface area contributed by atoms with Crippen LogP contribution < -0.4 is 5.32 Å². The molecule has 0 aliphatic heterocycles. The van der Waals surface area contributed by atoms with E-state index in [-0.39, 0.29) is 18.5 Å². The number of carbonyl (C=O) groups is 2. The van der Waals surface area contributed by atoms with E-state index in [4.69, 9.17) is 9.68 Å². The average Bonchev–Trinajstić information content (AvgIpc) is 3.30. The number of benzene rings is 2. The highest BCUT2D eigenvalue weighted by Gasteiger charge is 2.24. The van der Waals surface area contributed by atoms with Gasteiger partial charge in [0, 0.05) is 18.3 Å². The third kappa shape index (κ3) is 6.22. The van der Waals surface area contributed by atoms with Gasteiger partial charge in [-0.05, 0) is 49.7 Å². The minimum Gasteiger partial charge on any atom is -0.467 e. The number of amides is 3. The Hall–Kier alpha value is -4.05. The summed E-state index contributed by atoms with van der Waals surface area (Å²) in [5, 5.41) is 11.9. The third-order valence-electron chi connectivity index (χ3n) is 4.93. The number of anilines is 1. The van der Waals surface area contributed by atoms with Crippen molar-refractivity contribution in [1.82, 2.24) is 9.80 Å². The number of nitriles is 1. The molecule has 7 nitrogen and oxygen atoms in total. The second kappa shape index (κ2) is 10.8. The fraction of sp³-hybridized carbons (Fsp3) is 0.240. The molecule has 3 rings (SSSR count). The van der Waals surface area contributed by atoms with Crippen LogP contribution in [-0.4, -0.2) is 34.3 Å². The van der Waals surface area contributed by atoms with Gasteiger partial charge in [0.2, 0.25) is 5.91 Å². The lowest BCUT2D eigenvalue weighted by molar-refractivity contribution is -0.133. The molecule has 0 fully saturated rings. The molecule has 1 heterocycles. The summed E-state index contributed by atoms with van der Waals surface area (Å²) in [5.74, 6) is 0.475. The van der Waals surface area contributed by atoms with E-state index in [2.05, 4.69) is 5.32 Å². The topological polar surface area (TPSA) is 89.6 Å². The number of nitrogens with zero attached hydrogens (tertiary/aromatic N) is 3. The van der Waals surface area contributed by atoms with Gasteiger partial charge in [-0.2, -0.15) is 5.26 Å². The van der Waals surface area contributed by atoms with Crippen LogP contribution in [0.25, 0.3) is 0 Å². The van der Waals surface area contributed by atoms with Crippen molar-refractivity contribution >= 4 is 17.6 Å². The van der Waals surface area contributed by atoms with Crippen LogP contribution in [0, 0.1) is 11.3 Å². The van der Waals surface area contributed by atoms with Gasteiger partial charge in [-0.1, -0.05) is 36.4 Å². The fourth-order valence-electron chi connectivity index (χ4n) is 3.22. The Balaban J connectivity index is 1.74. The van der Waals surface area contributed by atoms with E-state index >= 15 is 0 Å². The van der Waals surface area contributed by atoms with Crippen molar-refractivity contribution in [1.29, 1.82) is 5.26 Å². The normalized spacial score (nSPS) is 10.4. The van der Waals surface area contributed by atoms with Gasteiger partial charge in [0.05, 0.1) is 24.4 Å². The lowest BCUT2D eigenvalue weighted by Crippen LogP contribution is -2.47. The molecule has 0 bridgehead atoms. The van der Waals surface area contributed by atoms with Crippen LogP contribution in [0.4, 0.5) is 10.5 Å². The van der Waals surface area contributed by atoms with Crippen molar-refractivity contribution in [3.63, 3.8) is 0 Å². The van der Waals surface area contributed by atoms with Gasteiger partial charge in [-0.3, -0.25) is 4.79 Å². The van der Waals surface area contributed by atoms with Crippen LogP contribution in [0.3, 0.4) is 0 Å². The van der Waals surface area contributed by atoms with Crippen molar-refractivity contribution in [2.45, 2.75) is 33.0 Å². The number of furan rings is 1. The Morgan fingerprint density at radius 3 is 2.47 bits per heavy atom. The minimum absolute atomic E-state index is 0.0883. The molecule has 0 saturated carbocycles. The van der Waals surface area contributed by atoms with E-state index in [9.17, 15) is 9.59 Å². The number of nitrogens with one attached hydrogen (secondary N) is 1. The largest absolute Gasteiger partial charge is 0.467 e. The van der Waals surface area contributed by atoms with Crippen LogP contribution >= 0.6 is 0 Å². The molecule has 0 atom stereocenters. The quantitative estimate of drug-likeness (QED) is 0.565. The first-order chi connectivity index (χ1) is 15.5. The van der Waals surface area contributed by atoms with Crippen LogP contribution in [0.1, 0.15) is 30.7 Å². The van der Waals surface area contributed by atoms with Gasteiger partial charge < -0.3 is 19.5 Å². The van der Waals surface area contributed by atoms with Crippen molar-refractivity contribution in [3.8, 4) is 6.07 Å². The molecular formula is C25H26N4O3. The summed E-state index contributed by atoms with van der Waals surface area (Å²) in [7, 11) is 0. The molecule has 2 aromatic carbocycles. The van der Waals surface area contributed by atoms with Crippen molar-refractivity contribution in [2.75, 3.05) is 11.9 Å². The van der Waals surface area contributed by atoms with Crippen LogP contribution in [0.2, 0.25) is 0 Å². The Labute approximate surface area is 187 Å². The summed E-state index contributed by atoms with van der Waals surface area (Å²) in [5.41, 5.74) is 1.94. The molecule has 7 heteroatoms. The highest BCUT2D eigenvalue weighted by Crippen LogP contribution is 2.15. The average molecular weight is 431 g/mol. The fourth-order valence-corrected chi connectivity index (χ4v) is 3.22. The van der Waals surface area contributed by atoms with Crippen molar-refractivity contribution in [3.05, 3.63) is 89.9 Å². The van der Waals surface area contributed by atoms with Crippen LogP contribution in [0.15, 0.2) is 77.4 Å². The molecule has 0 aliphatic rings. The summed E-state index contributed by atoms with van der Waals surface area (Å²) in [6.07, 6.45) is 1.57. The van der Waals surface area contributed by atoms with Crippen LogP contribution in [0.5, 0.6) is 0 Å². The van der Waals surface area contributed by atoms with E-state index < -0.39 is 6.03 Å². The summed E-state index contributed by atoms with van der Waals surface area (Å²) < 4.78 is 5.44. The van der Waals surface area contributed by atoms with E-state index in [0.717, 1.165) is 5.56 Å². The molecule has 0 spiro atoms. The maximum absolute atomic E-state index is 13.3. The zero-order chi connectivity index (χ0) is 22.9. The molecule has 0 unspecified atom stereocenters. The van der Waals surface area contributed by atoms with E-state index in [1.807, 2.05) is 56.3 Å². The molecule has 3 amide bonds. The Morgan fingerprint density at radius 1 is 1.03 bits per heavy atom. The standard InChI is InChI=1S/C25H26N4O3/c1-19(2)29(25(31)27-22-11-6-10-21(14-22)15-26)18-24(30)28(17-23-12-7-13-32-23)16-20-8-4-3-5-9-20/h3-14,19H,16-18H2,1-2H3,(H,27,31). The summed E-state index contributed by atoms with van der Waals surface area (Å²) in [4.78, 5) is 29.3. The number of urea groups is 1. The SMILES string of the molecule is CC(C)N(CC(=O)N(Cc1ccccc1)Cc1ccco1)C(=O)Nc1cccc(C#N)c1. The van der Waals surface area contributed by atoms with E-state index in [1.165, 1.54) is 4.90 Å². The van der Waals surface area contributed by atoms with E-state index in [0.29, 0.717) is 30.1 Å². The molecule has 0 saturated heterocycles. The Morgan fingerprint density at radius 2 is 1.81 bits per heavy atom. The number of carbonyl (C=O) groups excluding carboxylic acids is 2. The minimum atomic E-state index is -0.402. The smallest absolute Gasteiger partial charge is 0.322 e. The maximum Gasteiger partial charge on any atom is 0.322 e. The molecule has 164 valence electrons. The lowest BCUT2D eigenvalue weighted by atomic mass is 10.2. The molecule has 3 aromatic rings. The second-order valence-electron chi connectivity index (χ2n) is 7.66. The van der Waals surface area contributed by atoms with Gasteiger partial charge in [0.25, 0.3) is 0 Å². The molecular weight excluding hydrogens is 404 g/mol. The Bertz CT molecular complexity index is 1070.